The van der Waals surface area contributed by atoms with Crippen LogP contribution >= 0.6 is 23.5 Å². The minimum atomic E-state index is 0.664. The van der Waals surface area contributed by atoms with E-state index < -0.39 is 0 Å². The molecule has 1 heterocycles. The molecule has 3 heteroatoms. The molecule has 1 atom stereocenters. The maximum atomic E-state index is 5.80. The zero-order valence-electron chi connectivity index (χ0n) is 11.0. The lowest BCUT2D eigenvalue weighted by molar-refractivity contribution is 0.0908. The molecule has 0 aliphatic carbocycles. The van der Waals surface area contributed by atoms with Crippen LogP contribution in [0.3, 0.4) is 0 Å². The molecule has 1 aliphatic heterocycles. The standard InChI is InChI=1S/C15H22OS2/c1-13(10-15-17-8-5-9-18-15)11-16-12-14-6-3-2-4-7-14/h2-4,6-7,13,15H,5,8-12H2,1H3/t13-/m0/s1. The molecule has 1 saturated heterocycles. The van der Waals surface area contributed by atoms with Gasteiger partial charge in [0.05, 0.1) is 11.2 Å². The van der Waals surface area contributed by atoms with Crippen LogP contribution < -0.4 is 0 Å². The Morgan fingerprint density at radius 3 is 2.67 bits per heavy atom. The van der Waals surface area contributed by atoms with Gasteiger partial charge in [0.2, 0.25) is 0 Å². The van der Waals surface area contributed by atoms with E-state index in [1.807, 2.05) is 6.07 Å². The Morgan fingerprint density at radius 1 is 1.22 bits per heavy atom. The molecule has 0 radical (unpaired) electrons. The van der Waals surface area contributed by atoms with E-state index in [0.29, 0.717) is 5.92 Å². The van der Waals surface area contributed by atoms with E-state index >= 15 is 0 Å². The van der Waals surface area contributed by atoms with Crippen LogP contribution in [0.2, 0.25) is 0 Å². The molecule has 18 heavy (non-hydrogen) atoms. The monoisotopic (exact) mass is 282 g/mol. The highest BCUT2D eigenvalue weighted by atomic mass is 32.2. The Balaban J connectivity index is 1.61. The number of benzene rings is 1. The van der Waals surface area contributed by atoms with Gasteiger partial charge in [0.15, 0.2) is 0 Å². The quantitative estimate of drug-likeness (QED) is 0.764. The lowest BCUT2D eigenvalue weighted by atomic mass is 10.1. The predicted molar refractivity (Wildman–Crippen MR) is 83.2 cm³/mol. The summed E-state index contributed by atoms with van der Waals surface area (Å²) in [5, 5.41) is 0. The van der Waals surface area contributed by atoms with Gasteiger partial charge < -0.3 is 4.74 Å². The fraction of sp³-hybridized carbons (Fsp3) is 0.600. The van der Waals surface area contributed by atoms with Gasteiger partial charge >= 0.3 is 0 Å². The van der Waals surface area contributed by atoms with Crippen LogP contribution in [-0.4, -0.2) is 22.7 Å². The Morgan fingerprint density at radius 2 is 1.94 bits per heavy atom. The molecule has 1 nitrogen and oxygen atoms in total. The van der Waals surface area contributed by atoms with Gasteiger partial charge in [-0.05, 0) is 35.8 Å². The Bertz CT molecular complexity index is 323. The molecule has 0 unspecified atom stereocenters. The van der Waals surface area contributed by atoms with Crippen molar-refractivity contribution in [2.45, 2.75) is 31.0 Å². The van der Waals surface area contributed by atoms with Gasteiger partial charge in [0.25, 0.3) is 0 Å². The average Bonchev–Trinajstić information content (AvgIpc) is 2.41. The van der Waals surface area contributed by atoms with Crippen molar-refractivity contribution < 1.29 is 4.74 Å². The molecule has 1 aromatic carbocycles. The molecule has 0 amide bonds. The summed E-state index contributed by atoms with van der Waals surface area (Å²) in [5.74, 6) is 3.35. The molecule has 0 spiro atoms. The van der Waals surface area contributed by atoms with Gasteiger partial charge in [0, 0.05) is 6.61 Å². The maximum Gasteiger partial charge on any atom is 0.0717 e. The van der Waals surface area contributed by atoms with E-state index in [2.05, 4.69) is 54.7 Å². The van der Waals surface area contributed by atoms with Gasteiger partial charge in [-0.3, -0.25) is 0 Å². The highest BCUT2D eigenvalue weighted by Crippen LogP contribution is 2.34. The topological polar surface area (TPSA) is 9.23 Å². The molecule has 100 valence electrons. The van der Waals surface area contributed by atoms with Gasteiger partial charge in [-0.25, -0.2) is 0 Å². The highest BCUT2D eigenvalue weighted by molar-refractivity contribution is 8.17. The zero-order chi connectivity index (χ0) is 12.6. The third kappa shape index (κ3) is 5.25. The normalized spacial score (nSPS) is 18.7. The molecule has 1 fully saturated rings. The average molecular weight is 282 g/mol. The summed E-state index contributed by atoms with van der Waals surface area (Å²) >= 11 is 4.26. The molecule has 1 aliphatic rings. The first-order valence-electron chi connectivity index (χ1n) is 6.69. The van der Waals surface area contributed by atoms with Gasteiger partial charge in [0.1, 0.15) is 0 Å². The summed E-state index contributed by atoms with van der Waals surface area (Å²) < 4.78 is 6.60. The Hall–Kier alpha value is -0.120. The van der Waals surface area contributed by atoms with Crippen LogP contribution in [0.1, 0.15) is 25.3 Å². The van der Waals surface area contributed by atoms with Crippen molar-refractivity contribution in [3.63, 3.8) is 0 Å². The number of rotatable bonds is 6. The number of hydrogen-bond donors (Lipinski definition) is 0. The van der Waals surface area contributed by atoms with Gasteiger partial charge in [-0.15, -0.1) is 23.5 Å². The molecule has 0 bridgehead atoms. The molecule has 1 aromatic rings. The van der Waals surface area contributed by atoms with Crippen molar-refractivity contribution in [1.82, 2.24) is 0 Å². The van der Waals surface area contributed by atoms with E-state index in [0.717, 1.165) is 17.8 Å². The van der Waals surface area contributed by atoms with Crippen molar-refractivity contribution in [1.29, 1.82) is 0 Å². The third-order valence-electron chi connectivity index (χ3n) is 3.00. The first-order chi connectivity index (χ1) is 8.84. The van der Waals surface area contributed by atoms with Crippen LogP contribution in [-0.2, 0) is 11.3 Å². The smallest absolute Gasteiger partial charge is 0.0717 e. The number of thioether (sulfide) groups is 2. The van der Waals surface area contributed by atoms with Crippen LogP contribution in [0.5, 0.6) is 0 Å². The lowest BCUT2D eigenvalue weighted by Gasteiger charge is -2.23. The molecule has 0 aromatic heterocycles. The van der Waals surface area contributed by atoms with Gasteiger partial charge in [-0.1, -0.05) is 37.3 Å². The predicted octanol–water partition coefficient (Wildman–Crippen LogP) is 4.43. The van der Waals surface area contributed by atoms with Crippen LogP contribution in [0.15, 0.2) is 30.3 Å². The maximum absolute atomic E-state index is 5.80. The van der Waals surface area contributed by atoms with Crippen LogP contribution in [0, 0.1) is 5.92 Å². The fourth-order valence-corrected chi connectivity index (χ4v) is 5.24. The zero-order valence-corrected chi connectivity index (χ0v) is 12.6. The van der Waals surface area contributed by atoms with Crippen molar-refractivity contribution in [2.75, 3.05) is 18.1 Å². The lowest BCUT2D eigenvalue weighted by Crippen LogP contribution is -2.14. The van der Waals surface area contributed by atoms with Crippen LogP contribution in [0.25, 0.3) is 0 Å². The highest BCUT2D eigenvalue weighted by Gasteiger charge is 2.17. The first-order valence-corrected chi connectivity index (χ1v) is 8.79. The summed E-state index contributed by atoms with van der Waals surface area (Å²) in [7, 11) is 0. The Kier molecular flexibility index (Phi) is 6.46. The molecular weight excluding hydrogens is 260 g/mol. The van der Waals surface area contributed by atoms with Crippen LogP contribution in [0.4, 0.5) is 0 Å². The van der Waals surface area contributed by atoms with E-state index in [4.69, 9.17) is 4.74 Å². The minimum Gasteiger partial charge on any atom is -0.376 e. The summed E-state index contributed by atoms with van der Waals surface area (Å²) in [4.78, 5) is 0. The second kappa shape index (κ2) is 8.13. The summed E-state index contributed by atoms with van der Waals surface area (Å²) in [5.41, 5.74) is 1.27. The Labute approximate surface area is 119 Å². The SMILES string of the molecule is C[C@H](COCc1ccccc1)CC1SCCCS1. The van der Waals surface area contributed by atoms with Crippen molar-refractivity contribution in [3.05, 3.63) is 35.9 Å². The third-order valence-corrected chi connectivity index (χ3v) is 6.00. The molecule has 0 saturated carbocycles. The summed E-state index contributed by atoms with van der Waals surface area (Å²) in [6, 6.07) is 10.4. The second-order valence-corrected chi connectivity index (χ2v) is 7.79. The van der Waals surface area contributed by atoms with E-state index in [1.54, 1.807) is 0 Å². The van der Waals surface area contributed by atoms with Crippen molar-refractivity contribution >= 4 is 23.5 Å². The number of hydrogen-bond acceptors (Lipinski definition) is 3. The van der Waals surface area contributed by atoms with E-state index in [9.17, 15) is 0 Å². The van der Waals surface area contributed by atoms with E-state index in [1.165, 1.54) is 29.9 Å². The number of ether oxygens (including phenoxy) is 1. The molecule has 0 N–H and O–H groups in total. The van der Waals surface area contributed by atoms with E-state index in [-0.39, 0.29) is 0 Å². The van der Waals surface area contributed by atoms with Crippen molar-refractivity contribution in [2.24, 2.45) is 5.92 Å². The first kappa shape index (κ1) is 14.3. The van der Waals surface area contributed by atoms with Gasteiger partial charge in [-0.2, -0.15) is 0 Å². The molecular formula is C15H22OS2. The minimum absolute atomic E-state index is 0.664. The fourth-order valence-electron chi connectivity index (χ4n) is 2.02. The van der Waals surface area contributed by atoms with Crippen molar-refractivity contribution in [3.8, 4) is 0 Å². The second-order valence-electron chi connectivity index (χ2n) is 4.87. The summed E-state index contributed by atoms with van der Waals surface area (Å²) in [6.45, 7) is 3.93. The molecule has 2 rings (SSSR count). The largest absolute Gasteiger partial charge is 0.376 e. The summed E-state index contributed by atoms with van der Waals surface area (Å²) in [6.07, 6.45) is 2.66.